The normalized spacial score (nSPS) is 11.9. The highest BCUT2D eigenvalue weighted by molar-refractivity contribution is 9.11. The number of rotatable bonds is 7. The van der Waals surface area contributed by atoms with Crippen LogP contribution in [0.2, 0.25) is 0 Å². The van der Waals surface area contributed by atoms with Crippen LogP contribution in [0.15, 0.2) is 11.1 Å². The third-order valence-electron chi connectivity index (χ3n) is 1.54. The van der Waals surface area contributed by atoms with E-state index in [1.807, 2.05) is 0 Å². The predicted molar refractivity (Wildman–Crippen MR) is 60.3 cm³/mol. The summed E-state index contributed by atoms with van der Waals surface area (Å²) < 4.78 is 5.48. The van der Waals surface area contributed by atoms with Gasteiger partial charge in [-0.2, -0.15) is 0 Å². The van der Waals surface area contributed by atoms with E-state index in [1.54, 1.807) is 6.92 Å². The van der Waals surface area contributed by atoms with Crippen LogP contribution in [0.3, 0.4) is 0 Å². The maximum atomic E-state index is 11.2. The number of hydrogen-bond acceptors (Lipinski definition) is 3. The summed E-state index contributed by atoms with van der Waals surface area (Å²) >= 11 is 3.10. The number of ether oxygens (including phenoxy) is 1. The number of hydrogen-bond donors (Lipinski definition) is 2. The van der Waals surface area contributed by atoms with Crippen molar-refractivity contribution >= 4 is 27.7 Å². The molecule has 0 unspecified atom stereocenters. The monoisotopic (exact) mass is 278 g/mol. The van der Waals surface area contributed by atoms with E-state index in [0.29, 0.717) is 11.1 Å². The molecule has 3 N–H and O–H groups in total. The first-order chi connectivity index (χ1) is 6.97. The minimum atomic E-state index is -0.746. The highest BCUT2D eigenvalue weighted by Crippen LogP contribution is 2.09. The summed E-state index contributed by atoms with van der Waals surface area (Å²) in [5.74, 6) is -0.963. The third kappa shape index (κ3) is 7.10. The van der Waals surface area contributed by atoms with Crippen LogP contribution in [0.25, 0.3) is 0 Å². The van der Waals surface area contributed by atoms with Crippen LogP contribution in [0.1, 0.15) is 13.3 Å². The molecule has 0 fully saturated rings. The van der Waals surface area contributed by atoms with Crippen LogP contribution < -0.4 is 11.1 Å². The molecular formula is C9H15BrN2O3. The summed E-state index contributed by atoms with van der Waals surface area (Å²) in [5.41, 5.74) is 5.11. The Balaban J connectivity index is 4.10. The molecule has 2 amide bonds. The molecule has 0 aromatic carbocycles. The molecule has 0 aliphatic carbocycles. The summed E-state index contributed by atoms with van der Waals surface area (Å²) in [6.07, 6.45) is 0.271. The summed E-state index contributed by atoms with van der Waals surface area (Å²) in [5, 5.41) is 2.45. The second kappa shape index (κ2) is 7.42. The zero-order valence-electron chi connectivity index (χ0n) is 8.59. The van der Waals surface area contributed by atoms with E-state index in [2.05, 4.69) is 27.8 Å². The summed E-state index contributed by atoms with van der Waals surface area (Å²) in [4.78, 5) is 22.2. The molecule has 0 radical (unpaired) electrons. The molecule has 0 spiro atoms. The summed E-state index contributed by atoms with van der Waals surface area (Å²) in [7, 11) is 0. The second-order valence-electron chi connectivity index (χ2n) is 2.88. The number of nitrogens with two attached hydrogens (primary N) is 1. The first kappa shape index (κ1) is 14.1. The molecule has 0 rings (SSSR count). The number of carbonyl (C=O) groups is 2. The van der Waals surface area contributed by atoms with Gasteiger partial charge in [0.1, 0.15) is 12.6 Å². The summed E-state index contributed by atoms with van der Waals surface area (Å²) in [6.45, 7) is 5.72. The van der Waals surface area contributed by atoms with Crippen molar-refractivity contribution in [2.24, 2.45) is 5.73 Å². The van der Waals surface area contributed by atoms with Crippen LogP contribution in [0, 0.1) is 0 Å². The Kier molecular flexibility index (Phi) is 6.98. The first-order valence-corrected chi connectivity index (χ1v) is 5.26. The van der Waals surface area contributed by atoms with Gasteiger partial charge in [-0.1, -0.05) is 22.5 Å². The second-order valence-corrected chi connectivity index (χ2v) is 4.00. The fraction of sp³-hybridized carbons (Fsp3) is 0.556. The van der Waals surface area contributed by atoms with E-state index in [0.717, 1.165) is 0 Å². The lowest BCUT2D eigenvalue weighted by molar-refractivity contribution is -0.130. The lowest BCUT2D eigenvalue weighted by Crippen LogP contribution is -2.45. The number of amides is 2. The van der Waals surface area contributed by atoms with E-state index in [-0.39, 0.29) is 18.9 Å². The fourth-order valence-electron chi connectivity index (χ4n) is 0.875. The zero-order valence-corrected chi connectivity index (χ0v) is 10.2. The Morgan fingerprint density at radius 3 is 2.60 bits per heavy atom. The van der Waals surface area contributed by atoms with E-state index in [1.165, 1.54) is 0 Å². The molecule has 0 aromatic heterocycles. The average Bonchev–Trinajstić information content (AvgIpc) is 2.12. The number of carbonyl (C=O) groups excluding carboxylic acids is 2. The molecular weight excluding hydrogens is 264 g/mol. The van der Waals surface area contributed by atoms with Gasteiger partial charge < -0.3 is 15.8 Å². The Bertz CT molecular complexity index is 256. The molecule has 86 valence electrons. The van der Waals surface area contributed by atoms with Gasteiger partial charge >= 0.3 is 0 Å². The van der Waals surface area contributed by atoms with Gasteiger partial charge in [-0.3, -0.25) is 9.59 Å². The average molecular weight is 279 g/mol. The number of nitrogens with one attached hydrogen (secondary N) is 1. The van der Waals surface area contributed by atoms with Gasteiger partial charge in [-0.05, 0) is 11.4 Å². The zero-order chi connectivity index (χ0) is 11.8. The van der Waals surface area contributed by atoms with E-state index < -0.39 is 11.9 Å². The quantitative estimate of drug-likeness (QED) is 0.703. The molecule has 0 aliphatic heterocycles. The minimum absolute atomic E-state index is 0.0744. The smallest absolute Gasteiger partial charge is 0.246 e. The maximum absolute atomic E-state index is 11.2. The van der Waals surface area contributed by atoms with Crippen molar-refractivity contribution in [3.63, 3.8) is 0 Å². The van der Waals surface area contributed by atoms with Gasteiger partial charge in [0.15, 0.2) is 0 Å². The van der Waals surface area contributed by atoms with E-state index in [4.69, 9.17) is 10.5 Å². The van der Waals surface area contributed by atoms with Crippen molar-refractivity contribution < 1.29 is 14.3 Å². The number of halogens is 1. The molecule has 0 saturated heterocycles. The van der Waals surface area contributed by atoms with Crippen molar-refractivity contribution in [3.8, 4) is 0 Å². The Morgan fingerprint density at radius 1 is 1.60 bits per heavy atom. The Hall–Kier alpha value is -0.880. The minimum Gasteiger partial charge on any atom is -0.372 e. The van der Waals surface area contributed by atoms with Gasteiger partial charge in [0.05, 0.1) is 0 Å². The standard InChI is InChI=1S/C9H15BrN2O3/c1-3-15-5-8(13)12-7(9(11)14)4-6(2)10/h7H,2-5H2,1H3,(H2,11,14)(H,12,13)/t7-/m0/s1. The molecule has 1 atom stereocenters. The molecule has 0 heterocycles. The fourth-order valence-corrected chi connectivity index (χ4v) is 1.20. The van der Waals surface area contributed by atoms with Crippen LogP contribution in [0.5, 0.6) is 0 Å². The molecule has 5 nitrogen and oxygen atoms in total. The van der Waals surface area contributed by atoms with Crippen LogP contribution in [0.4, 0.5) is 0 Å². The van der Waals surface area contributed by atoms with Crippen molar-refractivity contribution in [2.45, 2.75) is 19.4 Å². The highest BCUT2D eigenvalue weighted by Gasteiger charge is 2.18. The molecule has 0 aliphatic rings. The predicted octanol–water partition coefficient (Wildman–Crippen LogP) is 0.292. The van der Waals surface area contributed by atoms with Gasteiger partial charge in [-0.25, -0.2) is 0 Å². The molecule has 0 aromatic rings. The number of primary amides is 1. The van der Waals surface area contributed by atoms with Gasteiger partial charge in [0.2, 0.25) is 11.8 Å². The molecule has 0 bridgehead atoms. The van der Waals surface area contributed by atoms with Crippen molar-refractivity contribution in [2.75, 3.05) is 13.2 Å². The topological polar surface area (TPSA) is 81.4 Å². The SMILES string of the molecule is C=C(Br)C[C@H](NC(=O)COCC)C(N)=O. The van der Waals surface area contributed by atoms with Gasteiger partial charge in [0, 0.05) is 13.0 Å². The third-order valence-corrected chi connectivity index (χ3v) is 1.87. The molecule has 15 heavy (non-hydrogen) atoms. The van der Waals surface area contributed by atoms with E-state index in [9.17, 15) is 9.59 Å². The largest absolute Gasteiger partial charge is 0.372 e. The van der Waals surface area contributed by atoms with Crippen molar-refractivity contribution in [1.82, 2.24) is 5.32 Å². The Labute approximate surface area is 97.2 Å². The lowest BCUT2D eigenvalue weighted by atomic mass is 10.2. The van der Waals surface area contributed by atoms with Gasteiger partial charge in [0.25, 0.3) is 0 Å². The van der Waals surface area contributed by atoms with E-state index >= 15 is 0 Å². The molecule has 0 saturated carbocycles. The lowest BCUT2D eigenvalue weighted by Gasteiger charge is -2.14. The summed E-state index contributed by atoms with van der Waals surface area (Å²) in [6, 6.07) is -0.746. The van der Waals surface area contributed by atoms with Crippen LogP contribution in [-0.2, 0) is 14.3 Å². The van der Waals surface area contributed by atoms with Crippen molar-refractivity contribution in [3.05, 3.63) is 11.1 Å². The van der Waals surface area contributed by atoms with Gasteiger partial charge in [-0.15, -0.1) is 0 Å². The maximum Gasteiger partial charge on any atom is 0.246 e. The highest BCUT2D eigenvalue weighted by atomic mass is 79.9. The molecule has 6 heteroatoms. The Morgan fingerprint density at radius 2 is 2.20 bits per heavy atom. The van der Waals surface area contributed by atoms with Crippen LogP contribution >= 0.6 is 15.9 Å². The van der Waals surface area contributed by atoms with Crippen LogP contribution in [-0.4, -0.2) is 31.1 Å². The first-order valence-electron chi connectivity index (χ1n) is 4.47. The van der Waals surface area contributed by atoms with Crippen molar-refractivity contribution in [1.29, 1.82) is 0 Å².